The number of nitrogens with one attached hydrogen (secondary N) is 1. The van der Waals surface area contributed by atoms with Crippen molar-refractivity contribution < 1.29 is 9.84 Å². The molecule has 0 saturated heterocycles. The third-order valence-electron chi connectivity index (χ3n) is 2.57. The zero-order valence-corrected chi connectivity index (χ0v) is 9.94. The summed E-state index contributed by atoms with van der Waals surface area (Å²) < 4.78 is 4.99. The molecule has 0 saturated carbocycles. The third-order valence-corrected chi connectivity index (χ3v) is 2.57. The molecule has 16 heavy (non-hydrogen) atoms. The summed E-state index contributed by atoms with van der Waals surface area (Å²) >= 11 is 0. The Labute approximate surface area is 96.7 Å². The third kappa shape index (κ3) is 4.16. The van der Waals surface area contributed by atoms with Gasteiger partial charge in [0, 0.05) is 31.5 Å². The highest BCUT2D eigenvalue weighted by Gasteiger charge is 2.04. The van der Waals surface area contributed by atoms with Gasteiger partial charge in [-0.25, -0.2) is 4.98 Å². The Bertz CT molecular complexity index is 288. The van der Waals surface area contributed by atoms with Gasteiger partial charge in [-0.05, 0) is 18.4 Å². The Morgan fingerprint density at radius 1 is 1.50 bits per heavy atom. The molecule has 2 N–H and O–H groups in total. The van der Waals surface area contributed by atoms with Gasteiger partial charge in [0.15, 0.2) is 0 Å². The first-order chi connectivity index (χ1) is 7.80. The van der Waals surface area contributed by atoms with E-state index in [4.69, 9.17) is 9.84 Å². The lowest BCUT2D eigenvalue weighted by Crippen LogP contribution is -2.28. The molecule has 4 nitrogen and oxygen atoms in total. The lowest BCUT2D eigenvalue weighted by Gasteiger charge is -2.15. The van der Waals surface area contributed by atoms with Crippen molar-refractivity contribution in [1.82, 2.24) is 10.3 Å². The Morgan fingerprint density at radius 2 is 2.31 bits per heavy atom. The Morgan fingerprint density at radius 3 is 2.81 bits per heavy atom. The van der Waals surface area contributed by atoms with Gasteiger partial charge in [0.1, 0.15) is 0 Å². The first-order valence-corrected chi connectivity index (χ1v) is 5.63. The zero-order chi connectivity index (χ0) is 11.8. The summed E-state index contributed by atoms with van der Waals surface area (Å²) in [7, 11) is 1.61. The number of aliphatic hydroxyl groups is 1. The molecular formula is C12H20N2O2. The van der Waals surface area contributed by atoms with Crippen LogP contribution in [0.2, 0.25) is 0 Å². The molecule has 90 valence electrons. The highest BCUT2D eigenvalue weighted by Crippen LogP contribution is 2.07. The maximum atomic E-state index is 8.86. The predicted octanol–water partition coefficient (Wildman–Crippen LogP) is 1.34. The van der Waals surface area contributed by atoms with Crippen molar-refractivity contribution in [2.45, 2.75) is 32.4 Å². The summed E-state index contributed by atoms with van der Waals surface area (Å²) in [4.78, 5) is 4.14. The van der Waals surface area contributed by atoms with E-state index >= 15 is 0 Å². The number of aliphatic hydroxyl groups excluding tert-OH is 1. The molecule has 1 unspecified atom stereocenters. The molecule has 0 fully saturated rings. The maximum absolute atomic E-state index is 8.86. The molecule has 0 amide bonds. The molecule has 1 aromatic heterocycles. The summed E-state index contributed by atoms with van der Waals surface area (Å²) in [6, 6.07) is 4.21. The van der Waals surface area contributed by atoms with E-state index in [-0.39, 0.29) is 6.61 Å². The van der Waals surface area contributed by atoms with Crippen LogP contribution in [0.5, 0.6) is 5.88 Å². The van der Waals surface area contributed by atoms with Gasteiger partial charge in [0.25, 0.3) is 0 Å². The van der Waals surface area contributed by atoms with Crippen LogP contribution in [0, 0.1) is 0 Å². The number of ether oxygens (including phenoxy) is 1. The fraction of sp³-hybridized carbons (Fsp3) is 0.583. The molecule has 0 aliphatic rings. The van der Waals surface area contributed by atoms with Gasteiger partial charge >= 0.3 is 0 Å². The van der Waals surface area contributed by atoms with Crippen LogP contribution in [0.25, 0.3) is 0 Å². The minimum atomic E-state index is 0.229. The van der Waals surface area contributed by atoms with Crippen molar-refractivity contribution in [2.75, 3.05) is 13.7 Å². The fourth-order valence-electron chi connectivity index (χ4n) is 1.50. The molecule has 0 aliphatic heterocycles. The van der Waals surface area contributed by atoms with Crippen LogP contribution in [0.4, 0.5) is 0 Å². The molecule has 0 aliphatic carbocycles. The van der Waals surface area contributed by atoms with Crippen LogP contribution >= 0.6 is 0 Å². The smallest absolute Gasteiger partial charge is 0.212 e. The second kappa shape index (κ2) is 7.19. The van der Waals surface area contributed by atoms with Crippen molar-refractivity contribution in [1.29, 1.82) is 0 Å². The number of nitrogens with zero attached hydrogens (tertiary/aromatic N) is 1. The quantitative estimate of drug-likeness (QED) is 0.734. The first kappa shape index (κ1) is 12.9. The first-order valence-electron chi connectivity index (χ1n) is 5.63. The van der Waals surface area contributed by atoms with E-state index in [0.717, 1.165) is 24.9 Å². The SMILES string of the molecule is CCC(CCO)NCc1ccc(OC)nc1. The lowest BCUT2D eigenvalue weighted by molar-refractivity contribution is 0.262. The van der Waals surface area contributed by atoms with Crippen LogP contribution in [0.15, 0.2) is 18.3 Å². The standard InChI is InChI=1S/C12H20N2O2/c1-3-11(6-7-15)13-8-10-4-5-12(16-2)14-9-10/h4-5,9,11,13,15H,3,6-8H2,1-2H3. The molecule has 1 atom stereocenters. The van der Waals surface area contributed by atoms with Gasteiger partial charge in [-0.1, -0.05) is 13.0 Å². The van der Waals surface area contributed by atoms with Gasteiger partial charge in [0.05, 0.1) is 7.11 Å². The summed E-state index contributed by atoms with van der Waals surface area (Å²) in [5.74, 6) is 0.631. The monoisotopic (exact) mass is 224 g/mol. The highest BCUT2D eigenvalue weighted by molar-refractivity contribution is 5.17. The largest absolute Gasteiger partial charge is 0.481 e. The number of hydrogen-bond donors (Lipinski definition) is 2. The van der Waals surface area contributed by atoms with Crippen LogP contribution in [-0.2, 0) is 6.54 Å². The van der Waals surface area contributed by atoms with E-state index in [0.29, 0.717) is 11.9 Å². The molecule has 1 rings (SSSR count). The Balaban J connectivity index is 2.40. The van der Waals surface area contributed by atoms with Gasteiger partial charge in [0.2, 0.25) is 5.88 Å². The van der Waals surface area contributed by atoms with Crippen molar-refractivity contribution in [3.05, 3.63) is 23.9 Å². The molecule has 1 heterocycles. The zero-order valence-electron chi connectivity index (χ0n) is 9.94. The normalized spacial score (nSPS) is 12.4. The topological polar surface area (TPSA) is 54.4 Å². The lowest BCUT2D eigenvalue weighted by atomic mass is 10.1. The van der Waals surface area contributed by atoms with E-state index in [2.05, 4.69) is 17.2 Å². The second-order valence-corrected chi connectivity index (χ2v) is 3.71. The number of pyridine rings is 1. The fourth-order valence-corrected chi connectivity index (χ4v) is 1.50. The Kier molecular flexibility index (Phi) is 5.82. The maximum Gasteiger partial charge on any atom is 0.212 e. The van der Waals surface area contributed by atoms with E-state index in [1.807, 2.05) is 12.1 Å². The number of methoxy groups -OCH3 is 1. The van der Waals surface area contributed by atoms with Gasteiger partial charge in [-0.2, -0.15) is 0 Å². The van der Waals surface area contributed by atoms with Crippen LogP contribution in [0.1, 0.15) is 25.3 Å². The minimum absolute atomic E-state index is 0.229. The van der Waals surface area contributed by atoms with Gasteiger partial charge in [-0.15, -0.1) is 0 Å². The van der Waals surface area contributed by atoms with Crippen molar-refractivity contribution in [3.8, 4) is 5.88 Å². The van der Waals surface area contributed by atoms with E-state index in [1.165, 1.54) is 0 Å². The molecular weight excluding hydrogens is 204 g/mol. The molecule has 1 aromatic rings. The predicted molar refractivity (Wildman–Crippen MR) is 63.4 cm³/mol. The van der Waals surface area contributed by atoms with E-state index in [1.54, 1.807) is 13.3 Å². The summed E-state index contributed by atoms with van der Waals surface area (Å²) in [5, 5.41) is 12.2. The van der Waals surface area contributed by atoms with Crippen molar-refractivity contribution in [2.24, 2.45) is 0 Å². The van der Waals surface area contributed by atoms with E-state index in [9.17, 15) is 0 Å². The molecule has 0 bridgehead atoms. The van der Waals surface area contributed by atoms with Crippen LogP contribution in [-0.4, -0.2) is 29.8 Å². The van der Waals surface area contributed by atoms with Crippen molar-refractivity contribution in [3.63, 3.8) is 0 Å². The van der Waals surface area contributed by atoms with Gasteiger partial charge in [-0.3, -0.25) is 0 Å². The molecule has 0 aromatic carbocycles. The number of hydrogen-bond acceptors (Lipinski definition) is 4. The Hall–Kier alpha value is -1.13. The molecule has 0 radical (unpaired) electrons. The molecule has 4 heteroatoms. The van der Waals surface area contributed by atoms with Crippen LogP contribution in [0.3, 0.4) is 0 Å². The van der Waals surface area contributed by atoms with Crippen LogP contribution < -0.4 is 10.1 Å². The average molecular weight is 224 g/mol. The van der Waals surface area contributed by atoms with Crippen molar-refractivity contribution >= 4 is 0 Å². The number of aromatic nitrogens is 1. The minimum Gasteiger partial charge on any atom is -0.481 e. The second-order valence-electron chi connectivity index (χ2n) is 3.71. The molecule has 0 spiro atoms. The van der Waals surface area contributed by atoms with E-state index < -0.39 is 0 Å². The average Bonchev–Trinajstić information content (AvgIpc) is 2.35. The number of rotatable bonds is 7. The summed E-state index contributed by atoms with van der Waals surface area (Å²) in [6.07, 6.45) is 3.61. The summed E-state index contributed by atoms with van der Waals surface area (Å²) in [5.41, 5.74) is 1.12. The van der Waals surface area contributed by atoms with Gasteiger partial charge < -0.3 is 15.2 Å². The summed E-state index contributed by atoms with van der Waals surface area (Å²) in [6.45, 7) is 3.11. The highest BCUT2D eigenvalue weighted by atomic mass is 16.5.